The first kappa shape index (κ1) is 14.7. The fourth-order valence-corrected chi connectivity index (χ4v) is 3.62. The van der Waals surface area contributed by atoms with E-state index in [0.717, 1.165) is 11.5 Å². The lowest BCUT2D eigenvalue weighted by molar-refractivity contribution is 1.15. The Bertz CT molecular complexity index is 267. The molecule has 0 saturated heterocycles. The molecule has 0 aliphatic rings. The molecule has 0 radical (unpaired) electrons. The number of thioether (sulfide) groups is 3. The van der Waals surface area contributed by atoms with Crippen LogP contribution in [0.15, 0.2) is 0 Å². The standard InChI is InChI=1S/C9H13N3S3/c1-8(12)15-7-9(14-5-3-11)6-13-4-2-10/h9,12H,4-7H2,1H3. The van der Waals surface area contributed by atoms with Crippen molar-refractivity contribution in [3.8, 4) is 12.1 Å². The lowest BCUT2D eigenvalue weighted by Crippen LogP contribution is -2.11. The van der Waals surface area contributed by atoms with Crippen LogP contribution in [0.5, 0.6) is 0 Å². The minimum absolute atomic E-state index is 0.355. The molecule has 0 amide bonds. The topological polar surface area (TPSA) is 71.4 Å². The normalized spacial score (nSPS) is 11.4. The van der Waals surface area contributed by atoms with Crippen molar-refractivity contribution in [2.75, 3.05) is 23.0 Å². The molecule has 0 aromatic rings. The van der Waals surface area contributed by atoms with Gasteiger partial charge in [-0.15, -0.1) is 35.3 Å². The lowest BCUT2D eigenvalue weighted by Gasteiger charge is -2.12. The Morgan fingerprint density at radius 3 is 2.47 bits per heavy atom. The van der Waals surface area contributed by atoms with Crippen LogP contribution < -0.4 is 0 Å². The lowest BCUT2D eigenvalue weighted by atomic mass is 10.5. The first-order chi connectivity index (χ1) is 7.20. The smallest absolute Gasteiger partial charge is 0.0811 e. The highest BCUT2D eigenvalue weighted by Crippen LogP contribution is 2.20. The minimum Gasteiger partial charge on any atom is -0.299 e. The summed E-state index contributed by atoms with van der Waals surface area (Å²) in [6.45, 7) is 1.76. The summed E-state index contributed by atoms with van der Waals surface area (Å²) in [6, 6.07) is 4.19. The second-order valence-corrected chi connectivity index (χ2v) is 6.18. The van der Waals surface area contributed by atoms with E-state index in [1.54, 1.807) is 30.4 Å². The zero-order valence-corrected chi connectivity index (χ0v) is 11.0. The molecule has 3 nitrogen and oxygen atoms in total. The van der Waals surface area contributed by atoms with Gasteiger partial charge in [0.25, 0.3) is 0 Å². The predicted molar refractivity (Wildman–Crippen MR) is 70.7 cm³/mol. The summed E-state index contributed by atoms with van der Waals surface area (Å²) in [4.78, 5) is 0. The van der Waals surface area contributed by atoms with Gasteiger partial charge < -0.3 is 0 Å². The predicted octanol–water partition coefficient (Wildman–Crippen LogP) is 2.60. The van der Waals surface area contributed by atoms with Crippen LogP contribution >= 0.6 is 35.3 Å². The van der Waals surface area contributed by atoms with Gasteiger partial charge in [-0.25, -0.2) is 0 Å². The molecule has 0 rings (SSSR count). The van der Waals surface area contributed by atoms with Crippen LogP contribution in [0.25, 0.3) is 0 Å². The molecular weight excluding hydrogens is 246 g/mol. The zero-order valence-electron chi connectivity index (χ0n) is 8.52. The molecule has 0 aromatic heterocycles. The number of nitrogens with zero attached hydrogens (tertiary/aromatic N) is 2. The van der Waals surface area contributed by atoms with Gasteiger partial charge in [0.05, 0.1) is 28.7 Å². The van der Waals surface area contributed by atoms with Gasteiger partial charge in [0, 0.05) is 16.8 Å². The third-order valence-electron chi connectivity index (χ3n) is 1.34. The summed E-state index contributed by atoms with van der Waals surface area (Å²) in [5, 5.41) is 25.2. The molecule has 0 aliphatic carbocycles. The van der Waals surface area contributed by atoms with Crippen molar-refractivity contribution < 1.29 is 0 Å². The number of nitrogens with one attached hydrogen (secondary N) is 1. The molecule has 0 spiro atoms. The van der Waals surface area contributed by atoms with E-state index in [-0.39, 0.29) is 0 Å². The van der Waals surface area contributed by atoms with Crippen molar-refractivity contribution in [1.82, 2.24) is 0 Å². The van der Waals surface area contributed by atoms with E-state index in [4.69, 9.17) is 15.9 Å². The van der Waals surface area contributed by atoms with E-state index in [9.17, 15) is 0 Å². The van der Waals surface area contributed by atoms with Gasteiger partial charge in [-0.05, 0) is 6.92 Å². The van der Waals surface area contributed by atoms with Crippen molar-refractivity contribution in [2.24, 2.45) is 0 Å². The summed E-state index contributed by atoms with van der Waals surface area (Å²) in [7, 11) is 0. The number of hydrogen-bond acceptors (Lipinski definition) is 6. The quantitative estimate of drug-likeness (QED) is 0.432. The molecule has 82 valence electrons. The van der Waals surface area contributed by atoms with Gasteiger partial charge in [0.15, 0.2) is 0 Å². The summed E-state index contributed by atoms with van der Waals surface area (Å²) in [5.74, 6) is 2.70. The fraction of sp³-hybridized carbons (Fsp3) is 0.667. The zero-order chi connectivity index (χ0) is 11.5. The Labute approximate surface area is 103 Å². The van der Waals surface area contributed by atoms with Gasteiger partial charge in [-0.2, -0.15) is 10.5 Å². The van der Waals surface area contributed by atoms with Crippen molar-refractivity contribution in [3.63, 3.8) is 0 Å². The molecule has 15 heavy (non-hydrogen) atoms. The Kier molecular flexibility index (Phi) is 10.0. The molecule has 0 bridgehead atoms. The van der Waals surface area contributed by atoms with Crippen LogP contribution in [0.1, 0.15) is 6.92 Å². The van der Waals surface area contributed by atoms with Gasteiger partial charge in [-0.1, -0.05) is 0 Å². The highest BCUT2D eigenvalue weighted by atomic mass is 32.2. The maximum absolute atomic E-state index is 8.49. The highest BCUT2D eigenvalue weighted by molar-refractivity contribution is 8.14. The first-order valence-electron chi connectivity index (χ1n) is 4.32. The second kappa shape index (κ2) is 10.2. The maximum Gasteiger partial charge on any atom is 0.0811 e. The average molecular weight is 259 g/mol. The van der Waals surface area contributed by atoms with Crippen LogP contribution in [0.4, 0.5) is 0 Å². The monoisotopic (exact) mass is 259 g/mol. The van der Waals surface area contributed by atoms with Crippen molar-refractivity contribution in [1.29, 1.82) is 15.9 Å². The summed E-state index contributed by atoms with van der Waals surface area (Å²) >= 11 is 4.70. The number of rotatable bonds is 7. The van der Waals surface area contributed by atoms with Crippen LogP contribution in [-0.2, 0) is 0 Å². The van der Waals surface area contributed by atoms with Gasteiger partial charge >= 0.3 is 0 Å². The van der Waals surface area contributed by atoms with Crippen LogP contribution in [0, 0.1) is 28.1 Å². The van der Waals surface area contributed by atoms with E-state index in [2.05, 4.69) is 12.1 Å². The van der Waals surface area contributed by atoms with Gasteiger partial charge in [-0.3, -0.25) is 5.41 Å². The molecular formula is C9H13N3S3. The largest absolute Gasteiger partial charge is 0.299 e. The minimum atomic E-state index is 0.355. The third-order valence-corrected chi connectivity index (χ3v) is 4.84. The van der Waals surface area contributed by atoms with E-state index < -0.39 is 0 Å². The van der Waals surface area contributed by atoms with E-state index in [1.165, 1.54) is 11.8 Å². The molecule has 6 heteroatoms. The van der Waals surface area contributed by atoms with Crippen LogP contribution in [0.3, 0.4) is 0 Å². The molecule has 1 atom stereocenters. The Hall–Kier alpha value is -0.300. The number of hydrogen-bond donors (Lipinski definition) is 1. The summed E-state index contributed by atoms with van der Waals surface area (Å²) in [6.07, 6.45) is 0. The molecule has 0 saturated carbocycles. The van der Waals surface area contributed by atoms with Crippen molar-refractivity contribution in [2.45, 2.75) is 12.2 Å². The number of nitriles is 2. The third kappa shape index (κ3) is 9.99. The molecule has 1 unspecified atom stereocenters. The van der Waals surface area contributed by atoms with E-state index >= 15 is 0 Å². The molecule has 1 N–H and O–H groups in total. The van der Waals surface area contributed by atoms with Gasteiger partial charge in [0.1, 0.15) is 0 Å². The Morgan fingerprint density at radius 2 is 1.93 bits per heavy atom. The molecule has 0 fully saturated rings. The van der Waals surface area contributed by atoms with Crippen LogP contribution in [0.2, 0.25) is 0 Å². The Balaban J connectivity index is 3.79. The summed E-state index contributed by atoms with van der Waals surface area (Å²) < 4.78 is 0. The molecule has 0 heterocycles. The fourth-order valence-electron chi connectivity index (χ4n) is 0.753. The van der Waals surface area contributed by atoms with E-state index in [1.807, 2.05) is 0 Å². The highest BCUT2D eigenvalue weighted by Gasteiger charge is 2.09. The Morgan fingerprint density at radius 1 is 1.27 bits per heavy atom. The van der Waals surface area contributed by atoms with E-state index in [0.29, 0.717) is 21.8 Å². The van der Waals surface area contributed by atoms with Crippen molar-refractivity contribution in [3.05, 3.63) is 0 Å². The first-order valence-corrected chi connectivity index (χ1v) is 7.50. The van der Waals surface area contributed by atoms with Gasteiger partial charge in [0.2, 0.25) is 0 Å². The summed E-state index contributed by atoms with van der Waals surface area (Å²) in [5.41, 5.74) is 0. The molecule has 0 aliphatic heterocycles. The molecule has 0 aromatic carbocycles. The maximum atomic E-state index is 8.49. The van der Waals surface area contributed by atoms with Crippen molar-refractivity contribution >= 4 is 40.3 Å². The second-order valence-electron chi connectivity index (χ2n) is 2.63. The SMILES string of the molecule is CC(=N)SCC(CSCC#N)SCC#N. The average Bonchev–Trinajstić information content (AvgIpc) is 2.21. The van der Waals surface area contributed by atoms with Crippen LogP contribution in [-0.4, -0.2) is 33.3 Å².